The van der Waals surface area contributed by atoms with Crippen LogP contribution >= 0.6 is 11.3 Å². The minimum absolute atomic E-state index is 0.119. The highest BCUT2D eigenvalue weighted by Gasteiger charge is 2.10. The lowest BCUT2D eigenvalue weighted by molar-refractivity contribution is 0.613. The lowest BCUT2D eigenvalue weighted by Gasteiger charge is -1.98. The molecule has 0 aliphatic rings. The minimum atomic E-state index is -0.208. The summed E-state index contributed by atoms with van der Waals surface area (Å²) in [6, 6.07) is 6.57. The number of hydrogen-bond donors (Lipinski definition) is 1. The lowest BCUT2D eigenvalue weighted by Crippen LogP contribution is -2.03. The second-order valence-electron chi connectivity index (χ2n) is 3.59. The summed E-state index contributed by atoms with van der Waals surface area (Å²) in [5, 5.41) is 9.53. The van der Waals surface area contributed by atoms with Crippen molar-refractivity contribution in [3.8, 4) is 0 Å². The first kappa shape index (κ1) is 11.2. The molecule has 1 aromatic carbocycles. The van der Waals surface area contributed by atoms with Crippen LogP contribution in [0.25, 0.3) is 0 Å². The fourth-order valence-corrected chi connectivity index (χ4v) is 2.14. The van der Waals surface area contributed by atoms with Gasteiger partial charge in [-0.2, -0.15) is 0 Å². The highest BCUT2D eigenvalue weighted by molar-refractivity contribution is 7.11. The Morgan fingerprint density at radius 2 is 2.12 bits per heavy atom. The molecule has 1 unspecified atom stereocenters. The van der Waals surface area contributed by atoms with E-state index in [0.29, 0.717) is 12.0 Å². The molecule has 2 rings (SSSR count). The van der Waals surface area contributed by atoms with Crippen molar-refractivity contribution in [2.24, 2.45) is 5.73 Å². The largest absolute Gasteiger partial charge is 0.322 e. The van der Waals surface area contributed by atoms with Gasteiger partial charge < -0.3 is 5.73 Å². The van der Waals surface area contributed by atoms with Crippen LogP contribution in [0.1, 0.15) is 28.5 Å². The molecule has 0 aliphatic carbocycles. The molecule has 0 spiro atoms. The van der Waals surface area contributed by atoms with Crippen molar-refractivity contribution < 1.29 is 4.39 Å². The average Bonchev–Trinajstić information content (AvgIpc) is 2.70. The second-order valence-corrected chi connectivity index (χ2v) is 4.68. The highest BCUT2D eigenvalue weighted by Crippen LogP contribution is 2.19. The third kappa shape index (κ3) is 2.43. The van der Waals surface area contributed by atoms with Crippen LogP contribution in [-0.2, 0) is 6.42 Å². The molecule has 1 heterocycles. The molecule has 1 aromatic heterocycles. The zero-order chi connectivity index (χ0) is 11.5. The quantitative estimate of drug-likeness (QED) is 0.891. The summed E-state index contributed by atoms with van der Waals surface area (Å²) in [7, 11) is 0. The predicted octanol–water partition coefficient (Wildman–Crippen LogP) is 2.29. The first-order valence-corrected chi connectivity index (χ1v) is 5.79. The molecule has 16 heavy (non-hydrogen) atoms. The van der Waals surface area contributed by atoms with Crippen molar-refractivity contribution >= 4 is 11.3 Å². The fourth-order valence-electron chi connectivity index (χ4n) is 1.33. The topological polar surface area (TPSA) is 51.8 Å². The van der Waals surface area contributed by atoms with Gasteiger partial charge in [-0.05, 0) is 18.6 Å². The lowest BCUT2D eigenvalue weighted by atomic mass is 10.1. The van der Waals surface area contributed by atoms with Gasteiger partial charge in [0, 0.05) is 6.42 Å². The number of hydrogen-bond acceptors (Lipinski definition) is 4. The molecule has 1 atom stereocenters. The van der Waals surface area contributed by atoms with Gasteiger partial charge in [-0.3, -0.25) is 0 Å². The first-order valence-electron chi connectivity index (χ1n) is 4.98. The summed E-state index contributed by atoms with van der Waals surface area (Å²) >= 11 is 1.43. The van der Waals surface area contributed by atoms with Gasteiger partial charge in [-0.25, -0.2) is 4.39 Å². The number of nitrogens with two attached hydrogens (primary N) is 1. The second kappa shape index (κ2) is 4.67. The Kier molecular flexibility index (Phi) is 3.26. The van der Waals surface area contributed by atoms with Gasteiger partial charge in [0.2, 0.25) is 0 Å². The Hall–Kier alpha value is -1.33. The van der Waals surface area contributed by atoms with Crippen molar-refractivity contribution in [3.63, 3.8) is 0 Å². The molecule has 3 nitrogen and oxygen atoms in total. The summed E-state index contributed by atoms with van der Waals surface area (Å²) in [6.45, 7) is 1.85. The summed E-state index contributed by atoms with van der Waals surface area (Å²) in [5.74, 6) is -0.208. The van der Waals surface area contributed by atoms with Crippen molar-refractivity contribution in [1.82, 2.24) is 10.2 Å². The van der Waals surface area contributed by atoms with Crippen LogP contribution in [0.2, 0.25) is 0 Å². The first-order chi connectivity index (χ1) is 7.66. The molecule has 0 saturated carbocycles. The molecule has 0 saturated heterocycles. The van der Waals surface area contributed by atoms with Gasteiger partial charge in [0.1, 0.15) is 15.8 Å². The summed E-state index contributed by atoms with van der Waals surface area (Å²) in [4.78, 5) is 0. The van der Waals surface area contributed by atoms with Crippen LogP contribution in [0.3, 0.4) is 0 Å². The van der Waals surface area contributed by atoms with E-state index in [4.69, 9.17) is 5.73 Å². The van der Waals surface area contributed by atoms with Crippen molar-refractivity contribution in [3.05, 3.63) is 45.7 Å². The highest BCUT2D eigenvalue weighted by atomic mass is 32.1. The van der Waals surface area contributed by atoms with Crippen LogP contribution in [0, 0.1) is 5.82 Å². The smallest absolute Gasteiger partial charge is 0.133 e. The van der Waals surface area contributed by atoms with E-state index in [2.05, 4.69) is 10.2 Å². The van der Waals surface area contributed by atoms with E-state index in [-0.39, 0.29) is 11.9 Å². The molecule has 0 bridgehead atoms. The van der Waals surface area contributed by atoms with Crippen LogP contribution in [0.5, 0.6) is 0 Å². The van der Waals surface area contributed by atoms with Crippen LogP contribution in [0.15, 0.2) is 24.3 Å². The van der Waals surface area contributed by atoms with Gasteiger partial charge >= 0.3 is 0 Å². The normalized spacial score (nSPS) is 12.7. The minimum Gasteiger partial charge on any atom is -0.322 e. The zero-order valence-corrected chi connectivity index (χ0v) is 9.67. The fraction of sp³-hybridized carbons (Fsp3) is 0.273. The molecule has 84 valence electrons. The molecule has 5 heteroatoms. The van der Waals surface area contributed by atoms with Gasteiger partial charge in [0.25, 0.3) is 0 Å². The van der Waals surface area contributed by atoms with Gasteiger partial charge in [-0.15, -0.1) is 10.2 Å². The van der Waals surface area contributed by atoms with Gasteiger partial charge in [0.05, 0.1) is 6.04 Å². The third-order valence-corrected chi connectivity index (χ3v) is 3.30. The molecule has 2 N–H and O–H groups in total. The molecular formula is C11H12FN3S. The van der Waals surface area contributed by atoms with E-state index in [0.717, 1.165) is 10.0 Å². The molecule has 0 fully saturated rings. The summed E-state index contributed by atoms with van der Waals surface area (Å²) < 4.78 is 13.4. The van der Waals surface area contributed by atoms with Crippen molar-refractivity contribution in [2.45, 2.75) is 19.4 Å². The Balaban J connectivity index is 2.18. The van der Waals surface area contributed by atoms with Crippen molar-refractivity contribution in [2.75, 3.05) is 0 Å². The Morgan fingerprint density at radius 1 is 1.38 bits per heavy atom. The number of benzene rings is 1. The Morgan fingerprint density at radius 3 is 2.75 bits per heavy atom. The SMILES string of the molecule is CC(N)c1nnc(Cc2ccccc2F)s1. The van der Waals surface area contributed by atoms with Gasteiger partial charge in [-0.1, -0.05) is 29.5 Å². The van der Waals surface area contributed by atoms with Crippen LogP contribution in [0.4, 0.5) is 4.39 Å². The van der Waals surface area contributed by atoms with E-state index < -0.39 is 0 Å². The number of rotatable bonds is 3. The monoisotopic (exact) mass is 237 g/mol. The van der Waals surface area contributed by atoms with E-state index in [9.17, 15) is 4.39 Å². The standard InChI is InChI=1S/C11H12FN3S/c1-7(13)11-15-14-10(16-11)6-8-4-2-3-5-9(8)12/h2-5,7H,6,13H2,1H3. The maximum Gasteiger partial charge on any atom is 0.133 e. The van der Waals surface area contributed by atoms with Crippen LogP contribution < -0.4 is 5.73 Å². The maximum atomic E-state index is 13.4. The zero-order valence-electron chi connectivity index (χ0n) is 8.85. The molecular weight excluding hydrogens is 225 g/mol. The van der Waals surface area contributed by atoms with E-state index in [1.54, 1.807) is 12.1 Å². The van der Waals surface area contributed by atoms with E-state index >= 15 is 0 Å². The molecule has 2 aromatic rings. The number of halogens is 1. The maximum absolute atomic E-state index is 13.4. The van der Waals surface area contributed by atoms with Gasteiger partial charge in [0.15, 0.2) is 0 Å². The molecule has 0 radical (unpaired) electrons. The Bertz CT molecular complexity index is 482. The number of nitrogens with zero attached hydrogens (tertiary/aromatic N) is 2. The Labute approximate surface area is 97.1 Å². The number of aromatic nitrogens is 2. The molecule has 0 amide bonds. The average molecular weight is 237 g/mol. The van der Waals surface area contributed by atoms with E-state index in [1.807, 2.05) is 13.0 Å². The molecule has 0 aliphatic heterocycles. The van der Waals surface area contributed by atoms with E-state index in [1.165, 1.54) is 17.4 Å². The third-order valence-electron chi connectivity index (χ3n) is 2.17. The summed E-state index contributed by atoms with van der Waals surface area (Å²) in [5.41, 5.74) is 6.32. The summed E-state index contributed by atoms with van der Waals surface area (Å²) in [6.07, 6.45) is 0.469. The van der Waals surface area contributed by atoms with Crippen LogP contribution in [-0.4, -0.2) is 10.2 Å². The predicted molar refractivity (Wildman–Crippen MR) is 61.7 cm³/mol. The van der Waals surface area contributed by atoms with Crippen molar-refractivity contribution in [1.29, 1.82) is 0 Å².